The van der Waals surface area contributed by atoms with Gasteiger partial charge in [0, 0.05) is 16.7 Å². The zero-order valence-electron chi connectivity index (χ0n) is 17.2. The van der Waals surface area contributed by atoms with Crippen molar-refractivity contribution >= 4 is 49.9 Å². The zero-order chi connectivity index (χ0) is 21.4. The number of nitrogens with one attached hydrogen (secondary N) is 1. The van der Waals surface area contributed by atoms with Gasteiger partial charge in [0.2, 0.25) is 0 Å². The summed E-state index contributed by atoms with van der Waals surface area (Å²) in [6.07, 6.45) is 0.894. The summed E-state index contributed by atoms with van der Waals surface area (Å²) in [6.45, 7) is 6.84. The number of nitrogens with zero attached hydrogens (tertiary/aromatic N) is 3. The van der Waals surface area contributed by atoms with Gasteiger partial charge in [-0.2, -0.15) is 0 Å². The average molecular weight is 466 g/mol. The van der Waals surface area contributed by atoms with Gasteiger partial charge in [-0.1, -0.05) is 41.9 Å². The summed E-state index contributed by atoms with van der Waals surface area (Å²) in [7, 11) is 0. The molecule has 7 heteroatoms. The van der Waals surface area contributed by atoms with Crippen LogP contribution in [0.4, 0.5) is 5.82 Å². The lowest BCUT2D eigenvalue weighted by atomic mass is 10.1. The summed E-state index contributed by atoms with van der Waals surface area (Å²) >= 11 is 3.54. The molecule has 0 bridgehead atoms. The maximum absolute atomic E-state index is 13.1. The number of carbonyl (C=O) groups is 1. The van der Waals surface area contributed by atoms with E-state index in [0.29, 0.717) is 35.0 Å². The molecule has 3 N–H and O–H groups in total. The quantitative estimate of drug-likeness (QED) is 0.433. The van der Waals surface area contributed by atoms with Crippen LogP contribution in [0.25, 0.3) is 27.9 Å². The Morgan fingerprint density at radius 1 is 1.17 bits per heavy atom. The molecule has 1 amide bonds. The maximum atomic E-state index is 13.1. The van der Waals surface area contributed by atoms with Gasteiger partial charge in [-0.15, -0.1) is 0 Å². The van der Waals surface area contributed by atoms with E-state index in [4.69, 9.17) is 15.7 Å². The Balaban J connectivity index is 1.94. The summed E-state index contributed by atoms with van der Waals surface area (Å²) < 4.78 is 2.82. The Morgan fingerprint density at radius 3 is 2.53 bits per heavy atom. The van der Waals surface area contributed by atoms with Crippen LogP contribution in [-0.2, 0) is 0 Å². The normalized spacial score (nSPS) is 11.5. The van der Waals surface area contributed by atoms with Gasteiger partial charge in [0.1, 0.15) is 16.9 Å². The summed E-state index contributed by atoms with van der Waals surface area (Å²) in [4.78, 5) is 22.6. The number of fused-ring (bicyclic) bond motifs is 2. The van der Waals surface area contributed by atoms with Gasteiger partial charge in [0.05, 0.1) is 11.0 Å². The molecule has 0 radical (unpaired) electrons. The van der Waals surface area contributed by atoms with Crippen LogP contribution in [0.2, 0.25) is 0 Å². The van der Waals surface area contributed by atoms with Crippen LogP contribution in [-0.4, -0.2) is 27.0 Å². The van der Waals surface area contributed by atoms with E-state index in [-0.39, 0.29) is 5.91 Å². The average Bonchev–Trinajstić information content (AvgIpc) is 2.98. The second-order valence-corrected chi connectivity index (χ2v) is 8.71. The Hall–Kier alpha value is -2.93. The van der Waals surface area contributed by atoms with Gasteiger partial charge in [-0.25, -0.2) is 9.97 Å². The Morgan fingerprint density at radius 2 is 1.87 bits per heavy atom. The number of rotatable bonds is 5. The van der Waals surface area contributed by atoms with E-state index in [1.807, 2.05) is 54.0 Å². The summed E-state index contributed by atoms with van der Waals surface area (Å²) in [6, 6.07) is 13.5. The number of nitrogens with two attached hydrogens (primary N) is 1. The van der Waals surface area contributed by atoms with E-state index in [9.17, 15) is 4.79 Å². The third-order valence-electron chi connectivity index (χ3n) is 5.13. The number of hydrogen-bond acceptors (Lipinski definition) is 4. The molecule has 2 heterocycles. The van der Waals surface area contributed by atoms with Crippen LogP contribution in [0.1, 0.15) is 36.2 Å². The largest absolute Gasteiger partial charge is 0.384 e. The molecule has 6 nitrogen and oxygen atoms in total. The van der Waals surface area contributed by atoms with Crippen molar-refractivity contribution in [3.8, 4) is 5.69 Å². The molecule has 0 aliphatic carbocycles. The third-order valence-corrected chi connectivity index (χ3v) is 6.02. The Bertz CT molecular complexity index is 1260. The van der Waals surface area contributed by atoms with Gasteiger partial charge < -0.3 is 11.1 Å². The van der Waals surface area contributed by atoms with Gasteiger partial charge in [0.15, 0.2) is 5.65 Å². The van der Waals surface area contributed by atoms with Crippen molar-refractivity contribution in [3.63, 3.8) is 0 Å². The topological polar surface area (TPSA) is 85.8 Å². The predicted molar refractivity (Wildman–Crippen MR) is 125 cm³/mol. The summed E-state index contributed by atoms with van der Waals surface area (Å²) in [5, 5.41) is 2.99. The number of benzene rings is 2. The molecule has 2 aromatic carbocycles. The van der Waals surface area contributed by atoms with Crippen LogP contribution in [0.5, 0.6) is 0 Å². The smallest absolute Gasteiger partial charge is 0.257 e. The SMILES string of the molecule is Cc1cc(-n2c(N)c(C(=O)NCCC(C)C)c3nc4ccccc4nc32)ccc1Br. The number of aryl methyl sites for hydroxylation is 1. The first-order chi connectivity index (χ1) is 14.4. The molecule has 0 saturated heterocycles. The van der Waals surface area contributed by atoms with E-state index in [1.165, 1.54) is 0 Å². The van der Waals surface area contributed by atoms with Gasteiger partial charge in [-0.05, 0) is 55.2 Å². The molecule has 0 spiro atoms. The molecule has 4 rings (SSSR count). The molecule has 0 atom stereocenters. The number of nitrogen functional groups attached to an aromatic ring is 1. The lowest BCUT2D eigenvalue weighted by Gasteiger charge is -2.10. The van der Waals surface area contributed by atoms with Crippen LogP contribution in [0, 0.1) is 12.8 Å². The molecule has 4 aromatic rings. The minimum atomic E-state index is -0.227. The molecular weight excluding hydrogens is 442 g/mol. The van der Waals surface area contributed by atoms with Crippen molar-refractivity contribution in [2.75, 3.05) is 12.3 Å². The number of aromatic nitrogens is 3. The molecule has 2 aromatic heterocycles. The number of anilines is 1. The van der Waals surface area contributed by atoms with E-state index >= 15 is 0 Å². The van der Waals surface area contributed by atoms with Gasteiger partial charge in [-0.3, -0.25) is 9.36 Å². The summed E-state index contributed by atoms with van der Waals surface area (Å²) in [5.41, 5.74) is 11.4. The van der Waals surface area contributed by atoms with E-state index in [2.05, 4.69) is 35.1 Å². The van der Waals surface area contributed by atoms with E-state index in [1.54, 1.807) is 0 Å². The van der Waals surface area contributed by atoms with Crippen molar-refractivity contribution < 1.29 is 4.79 Å². The molecule has 0 unspecified atom stereocenters. The van der Waals surface area contributed by atoms with E-state index in [0.717, 1.165) is 33.2 Å². The minimum absolute atomic E-state index is 0.227. The Labute approximate surface area is 183 Å². The van der Waals surface area contributed by atoms with Crippen molar-refractivity contribution in [1.29, 1.82) is 0 Å². The third kappa shape index (κ3) is 3.65. The van der Waals surface area contributed by atoms with E-state index < -0.39 is 0 Å². The highest BCUT2D eigenvalue weighted by molar-refractivity contribution is 9.10. The van der Waals surface area contributed by atoms with Crippen molar-refractivity contribution in [1.82, 2.24) is 19.9 Å². The zero-order valence-corrected chi connectivity index (χ0v) is 18.8. The lowest BCUT2D eigenvalue weighted by Crippen LogP contribution is -2.26. The monoisotopic (exact) mass is 465 g/mol. The Kier molecular flexibility index (Phi) is 5.47. The first kappa shape index (κ1) is 20.3. The predicted octanol–water partition coefficient (Wildman–Crippen LogP) is 5.00. The van der Waals surface area contributed by atoms with Gasteiger partial charge >= 0.3 is 0 Å². The van der Waals surface area contributed by atoms with Gasteiger partial charge in [0.25, 0.3) is 5.91 Å². The first-order valence-corrected chi connectivity index (χ1v) is 10.8. The number of halogens is 1. The molecule has 0 saturated carbocycles. The molecule has 0 fully saturated rings. The highest BCUT2D eigenvalue weighted by Crippen LogP contribution is 2.32. The van der Waals surface area contributed by atoms with Crippen LogP contribution in [0.15, 0.2) is 46.9 Å². The molecule has 0 aliphatic heterocycles. The number of amides is 1. The second kappa shape index (κ2) is 8.07. The first-order valence-electron chi connectivity index (χ1n) is 9.98. The standard InChI is InChI=1S/C23H24BrN5O/c1-13(2)10-11-26-23(30)19-20-22(28-18-7-5-4-6-17(18)27-20)29(21(19)25)15-8-9-16(24)14(3)12-15/h4-9,12-13H,10-11,25H2,1-3H3,(H,26,30). The van der Waals surface area contributed by atoms with Crippen molar-refractivity contribution in [2.24, 2.45) is 5.92 Å². The lowest BCUT2D eigenvalue weighted by molar-refractivity contribution is 0.0954. The highest BCUT2D eigenvalue weighted by atomic mass is 79.9. The maximum Gasteiger partial charge on any atom is 0.257 e. The van der Waals surface area contributed by atoms with Crippen LogP contribution in [0.3, 0.4) is 0 Å². The van der Waals surface area contributed by atoms with Crippen LogP contribution < -0.4 is 11.1 Å². The molecular formula is C23H24BrN5O. The van der Waals surface area contributed by atoms with Crippen molar-refractivity contribution in [2.45, 2.75) is 27.2 Å². The molecule has 30 heavy (non-hydrogen) atoms. The number of hydrogen-bond donors (Lipinski definition) is 2. The number of para-hydroxylation sites is 2. The fraction of sp³-hybridized carbons (Fsp3) is 0.261. The number of carbonyl (C=O) groups excluding carboxylic acids is 1. The van der Waals surface area contributed by atoms with Crippen LogP contribution >= 0.6 is 15.9 Å². The highest BCUT2D eigenvalue weighted by Gasteiger charge is 2.24. The molecule has 154 valence electrons. The minimum Gasteiger partial charge on any atom is -0.384 e. The second-order valence-electron chi connectivity index (χ2n) is 7.85. The fourth-order valence-corrected chi connectivity index (χ4v) is 3.72. The molecule has 0 aliphatic rings. The fourth-order valence-electron chi connectivity index (χ4n) is 3.48. The summed E-state index contributed by atoms with van der Waals surface area (Å²) in [5.74, 6) is 0.609. The van der Waals surface area contributed by atoms with Crippen molar-refractivity contribution in [3.05, 3.63) is 58.1 Å².